The van der Waals surface area contributed by atoms with Crippen molar-refractivity contribution in [3.8, 4) is 0 Å². The van der Waals surface area contributed by atoms with Crippen LogP contribution < -0.4 is 11.5 Å². The number of nitrogens with two attached hydrogens (primary N) is 2. The lowest BCUT2D eigenvalue weighted by Gasteiger charge is -2.10. The van der Waals surface area contributed by atoms with Gasteiger partial charge in [0.25, 0.3) is 0 Å². The fraction of sp³-hybridized carbons (Fsp3) is 0.217. The average molecular weight is 380 g/mol. The number of hydrogen-bond acceptors (Lipinski definition) is 4. The average Bonchev–Trinajstić information content (AvgIpc) is 2.88. The predicted molar refractivity (Wildman–Crippen MR) is 117 cm³/mol. The van der Waals surface area contributed by atoms with Crippen LogP contribution in [0.3, 0.4) is 0 Å². The molecule has 0 fully saturated rings. The zero-order valence-electron chi connectivity index (χ0n) is 16.8. The Morgan fingerprint density at radius 2 is 2.07 bits per heavy atom. The molecule has 1 amide bonds. The Kier molecular flexibility index (Phi) is 9.40. The van der Waals surface area contributed by atoms with Gasteiger partial charge in [0.15, 0.2) is 0 Å². The summed E-state index contributed by atoms with van der Waals surface area (Å²) >= 11 is 0. The number of rotatable bonds is 9. The van der Waals surface area contributed by atoms with E-state index in [1.165, 1.54) is 19.3 Å². The quantitative estimate of drug-likeness (QED) is 0.322. The minimum absolute atomic E-state index is 0.0860. The number of ether oxygens (including phenoxy) is 1. The minimum Gasteiger partial charge on any atom is -0.398 e. The number of allylic oxidation sites excluding steroid dienone is 13. The van der Waals surface area contributed by atoms with Gasteiger partial charge >= 0.3 is 0 Å². The highest BCUT2D eigenvalue weighted by molar-refractivity contribution is 6.14. The maximum Gasteiger partial charge on any atom is 0.246 e. The smallest absolute Gasteiger partial charge is 0.246 e. The molecule has 0 aromatic rings. The van der Waals surface area contributed by atoms with Gasteiger partial charge in [0.2, 0.25) is 5.91 Å². The van der Waals surface area contributed by atoms with Gasteiger partial charge in [-0.25, -0.2) is 0 Å². The highest BCUT2D eigenvalue weighted by Gasteiger charge is 2.10. The van der Waals surface area contributed by atoms with Gasteiger partial charge in [0.1, 0.15) is 0 Å². The molecule has 0 bridgehead atoms. The van der Waals surface area contributed by atoms with Crippen molar-refractivity contribution in [2.24, 2.45) is 11.5 Å². The molecule has 0 aromatic heterocycles. The van der Waals surface area contributed by atoms with Crippen molar-refractivity contribution in [2.45, 2.75) is 20.3 Å². The number of nitrogens with one attached hydrogen (secondary N) is 1. The molecule has 0 heterocycles. The number of amides is 1. The van der Waals surface area contributed by atoms with Gasteiger partial charge in [0, 0.05) is 24.0 Å². The fourth-order valence-corrected chi connectivity index (χ4v) is 2.41. The van der Waals surface area contributed by atoms with Crippen LogP contribution in [0.15, 0.2) is 94.8 Å². The summed E-state index contributed by atoms with van der Waals surface area (Å²) in [7, 11) is 1.47. The number of hydrogen-bond donors (Lipinski definition) is 3. The molecule has 5 nitrogen and oxygen atoms in total. The Balaban J connectivity index is 2.98. The van der Waals surface area contributed by atoms with Crippen molar-refractivity contribution in [1.29, 1.82) is 5.41 Å². The Labute approximate surface area is 167 Å². The molecule has 1 rings (SSSR count). The Morgan fingerprint density at radius 1 is 1.36 bits per heavy atom. The minimum atomic E-state index is -0.585. The summed E-state index contributed by atoms with van der Waals surface area (Å²) in [4.78, 5) is 11.4. The van der Waals surface area contributed by atoms with Gasteiger partial charge in [-0.2, -0.15) is 0 Å². The summed E-state index contributed by atoms with van der Waals surface area (Å²) in [6.07, 6.45) is 17.9. The Morgan fingerprint density at radius 3 is 2.68 bits per heavy atom. The molecule has 0 spiro atoms. The number of carbonyl (C=O) groups excluding carboxylic acids is 1. The molecule has 5 heteroatoms. The lowest BCUT2D eigenvalue weighted by Crippen LogP contribution is -2.17. The molecule has 1 aliphatic rings. The van der Waals surface area contributed by atoms with Gasteiger partial charge in [-0.05, 0) is 49.1 Å². The van der Waals surface area contributed by atoms with Gasteiger partial charge in [0.05, 0.1) is 12.3 Å². The van der Waals surface area contributed by atoms with Crippen LogP contribution in [0.5, 0.6) is 0 Å². The Hall–Kier alpha value is -3.18. The first-order valence-corrected chi connectivity index (χ1v) is 8.93. The maximum absolute atomic E-state index is 11.4. The molecule has 0 aliphatic heterocycles. The van der Waals surface area contributed by atoms with E-state index in [-0.39, 0.29) is 23.6 Å². The van der Waals surface area contributed by atoms with E-state index in [9.17, 15) is 4.79 Å². The summed E-state index contributed by atoms with van der Waals surface area (Å²) < 4.78 is 4.93. The molecular formula is C23H29N3O2. The zero-order chi connectivity index (χ0) is 21.1. The van der Waals surface area contributed by atoms with Crippen molar-refractivity contribution < 1.29 is 9.53 Å². The van der Waals surface area contributed by atoms with Gasteiger partial charge in [-0.3, -0.25) is 10.2 Å². The first-order valence-electron chi connectivity index (χ1n) is 8.93. The highest BCUT2D eigenvalue weighted by Crippen LogP contribution is 2.18. The van der Waals surface area contributed by atoms with Crippen LogP contribution in [0.25, 0.3) is 0 Å². The van der Waals surface area contributed by atoms with Crippen molar-refractivity contribution in [1.82, 2.24) is 0 Å². The normalized spacial score (nSPS) is 15.9. The summed E-state index contributed by atoms with van der Waals surface area (Å²) in [6.45, 7) is 7.91. The van der Waals surface area contributed by atoms with Gasteiger partial charge in [-0.1, -0.05) is 49.1 Å². The molecule has 0 saturated carbocycles. The first kappa shape index (κ1) is 22.9. The molecule has 0 unspecified atom stereocenters. The second-order valence-corrected chi connectivity index (χ2v) is 6.22. The molecule has 0 aromatic carbocycles. The second kappa shape index (κ2) is 11.5. The number of methoxy groups -OCH3 is 1. The molecular weight excluding hydrogens is 350 g/mol. The molecule has 5 N–H and O–H groups in total. The molecule has 0 atom stereocenters. The molecule has 0 radical (unpaired) electrons. The topological polar surface area (TPSA) is 102 Å². The third-order valence-electron chi connectivity index (χ3n) is 4.18. The van der Waals surface area contributed by atoms with Gasteiger partial charge < -0.3 is 16.2 Å². The molecule has 28 heavy (non-hydrogen) atoms. The molecule has 148 valence electrons. The summed E-state index contributed by atoms with van der Waals surface area (Å²) in [5.74, 6) is -0.585. The standard InChI is InChI=1S/C23H29N3O2/c1-5-18(11-12-19-10-8-6-7-9-16(19)2)22(25)17(3)21(24)14-13-20(15-28-4)23(26)27/h5-7,9-14,25H,3,8,15,24H2,1-2,4H3,(H2,26,27)/b12-11-,18-5+,20-13+,21-14+,25-22?. The summed E-state index contributed by atoms with van der Waals surface area (Å²) in [5.41, 5.74) is 15.4. The third kappa shape index (κ3) is 6.85. The van der Waals surface area contributed by atoms with E-state index in [2.05, 4.69) is 31.7 Å². The largest absolute Gasteiger partial charge is 0.398 e. The monoisotopic (exact) mass is 379 g/mol. The van der Waals surface area contributed by atoms with Crippen molar-refractivity contribution >= 4 is 11.6 Å². The SMILES string of the molecule is C=C(C(=N)C(/C=C\C1=CCC=CC=C1C)=C/C)/C(N)=C\C=C(/COC)C(N)=O. The lowest BCUT2D eigenvalue weighted by molar-refractivity contribution is -0.115. The van der Waals surface area contributed by atoms with E-state index >= 15 is 0 Å². The highest BCUT2D eigenvalue weighted by atomic mass is 16.5. The van der Waals surface area contributed by atoms with E-state index in [1.54, 1.807) is 0 Å². The maximum atomic E-state index is 11.4. The summed E-state index contributed by atoms with van der Waals surface area (Å²) in [5, 5.41) is 8.42. The predicted octanol–water partition coefficient (Wildman–Crippen LogP) is 3.80. The van der Waals surface area contributed by atoms with Gasteiger partial charge in [-0.15, -0.1) is 0 Å². The second-order valence-electron chi connectivity index (χ2n) is 6.22. The van der Waals surface area contributed by atoms with E-state index in [0.29, 0.717) is 11.1 Å². The van der Waals surface area contributed by atoms with Crippen LogP contribution in [-0.4, -0.2) is 25.3 Å². The molecule has 0 saturated heterocycles. The molecule has 1 aliphatic carbocycles. The lowest BCUT2D eigenvalue weighted by atomic mass is 9.98. The van der Waals surface area contributed by atoms with Crippen molar-refractivity contribution in [3.63, 3.8) is 0 Å². The summed E-state index contributed by atoms with van der Waals surface area (Å²) in [6, 6.07) is 0. The van der Waals surface area contributed by atoms with Crippen LogP contribution in [0, 0.1) is 5.41 Å². The number of primary amides is 1. The zero-order valence-corrected chi connectivity index (χ0v) is 16.8. The van der Waals surface area contributed by atoms with Crippen LogP contribution in [0.2, 0.25) is 0 Å². The van der Waals surface area contributed by atoms with E-state index in [4.69, 9.17) is 21.6 Å². The van der Waals surface area contributed by atoms with E-state index in [0.717, 1.165) is 17.6 Å². The van der Waals surface area contributed by atoms with Crippen LogP contribution in [0.4, 0.5) is 0 Å². The fourth-order valence-electron chi connectivity index (χ4n) is 2.41. The Bertz CT molecular complexity index is 847. The number of carbonyl (C=O) groups is 1. The van der Waals surface area contributed by atoms with Crippen LogP contribution in [-0.2, 0) is 9.53 Å². The first-order chi connectivity index (χ1) is 13.3. The van der Waals surface area contributed by atoms with Crippen molar-refractivity contribution in [3.05, 3.63) is 94.8 Å². The van der Waals surface area contributed by atoms with Crippen molar-refractivity contribution in [2.75, 3.05) is 13.7 Å². The third-order valence-corrected chi connectivity index (χ3v) is 4.18. The van der Waals surface area contributed by atoms with Crippen LogP contribution >= 0.6 is 0 Å². The van der Waals surface area contributed by atoms with E-state index in [1.807, 2.05) is 31.2 Å². The van der Waals surface area contributed by atoms with E-state index < -0.39 is 5.91 Å². The van der Waals surface area contributed by atoms with Crippen LogP contribution in [0.1, 0.15) is 20.3 Å².